The number of hydrogen-bond acceptors (Lipinski definition) is 3. The van der Waals surface area contributed by atoms with E-state index < -0.39 is 0 Å². The third-order valence-electron chi connectivity index (χ3n) is 3.99. The summed E-state index contributed by atoms with van der Waals surface area (Å²) in [5.41, 5.74) is 3.23. The van der Waals surface area contributed by atoms with Crippen LogP contribution in [0.25, 0.3) is 10.9 Å². The van der Waals surface area contributed by atoms with E-state index in [0.717, 1.165) is 34.6 Å². The van der Waals surface area contributed by atoms with Gasteiger partial charge in [-0.05, 0) is 37.6 Å². The molecule has 1 aromatic heterocycles. The van der Waals surface area contributed by atoms with E-state index in [1.54, 1.807) is 7.11 Å². The SMILES string of the molecule is CCCCCCCCNc1cc(C)nc2ccc(OC)cc12. The van der Waals surface area contributed by atoms with Crippen LogP contribution in [-0.4, -0.2) is 18.6 Å². The lowest BCUT2D eigenvalue weighted by atomic mass is 10.1. The highest BCUT2D eigenvalue weighted by Crippen LogP contribution is 2.27. The van der Waals surface area contributed by atoms with E-state index in [2.05, 4.69) is 29.4 Å². The van der Waals surface area contributed by atoms with Crippen LogP contribution in [0.3, 0.4) is 0 Å². The van der Waals surface area contributed by atoms with Gasteiger partial charge in [-0.2, -0.15) is 0 Å². The van der Waals surface area contributed by atoms with Gasteiger partial charge in [-0.3, -0.25) is 4.98 Å². The van der Waals surface area contributed by atoms with Gasteiger partial charge in [0.25, 0.3) is 0 Å². The Hall–Kier alpha value is -1.77. The molecule has 0 fully saturated rings. The molecule has 0 radical (unpaired) electrons. The molecule has 3 heteroatoms. The second-order valence-electron chi connectivity index (χ2n) is 5.89. The monoisotopic (exact) mass is 300 g/mol. The molecule has 0 atom stereocenters. The van der Waals surface area contributed by atoms with Gasteiger partial charge in [-0.25, -0.2) is 0 Å². The van der Waals surface area contributed by atoms with Crippen LogP contribution in [0.5, 0.6) is 5.75 Å². The highest BCUT2D eigenvalue weighted by atomic mass is 16.5. The minimum absolute atomic E-state index is 0.876. The molecular formula is C19H28N2O. The van der Waals surface area contributed by atoms with Crippen LogP contribution in [0.15, 0.2) is 24.3 Å². The highest BCUT2D eigenvalue weighted by molar-refractivity contribution is 5.92. The lowest BCUT2D eigenvalue weighted by Crippen LogP contribution is -2.03. The number of rotatable bonds is 9. The summed E-state index contributed by atoms with van der Waals surface area (Å²) >= 11 is 0. The fourth-order valence-corrected chi connectivity index (χ4v) is 2.74. The summed E-state index contributed by atoms with van der Waals surface area (Å²) in [6.07, 6.45) is 7.91. The van der Waals surface area contributed by atoms with Crippen molar-refractivity contribution < 1.29 is 4.74 Å². The molecule has 120 valence electrons. The van der Waals surface area contributed by atoms with Crippen LogP contribution in [0, 0.1) is 6.92 Å². The zero-order chi connectivity index (χ0) is 15.8. The van der Waals surface area contributed by atoms with Crippen molar-refractivity contribution >= 4 is 16.6 Å². The number of unbranched alkanes of at least 4 members (excludes halogenated alkanes) is 5. The molecule has 0 saturated carbocycles. The van der Waals surface area contributed by atoms with E-state index in [1.807, 2.05) is 19.1 Å². The lowest BCUT2D eigenvalue weighted by molar-refractivity contribution is 0.415. The summed E-state index contributed by atoms with van der Waals surface area (Å²) in [5.74, 6) is 0.876. The number of anilines is 1. The van der Waals surface area contributed by atoms with Crippen molar-refractivity contribution in [3.05, 3.63) is 30.0 Å². The number of ether oxygens (including phenoxy) is 1. The molecule has 0 unspecified atom stereocenters. The maximum absolute atomic E-state index is 5.33. The number of nitrogens with zero attached hydrogens (tertiary/aromatic N) is 1. The Morgan fingerprint density at radius 3 is 2.59 bits per heavy atom. The summed E-state index contributed by atoms with van der Waals surface area (Å²) in [5, 5.41) is 4.71. The fourth-order valence-electron chi connectivity index (χ4n) is 2.74. The summed E-state index contributed by atoms with van der Waals surface area (Å²) in [6.45, 7) is 5.31. The van der Waals surface area contributed by atoms with Gasteiger partial charge in [0.15, 0.2) is 0 Å². The summed E-state index contributed by atoms with van der Waals surface area (Å²) in [6, 6.07) is 8.17. The summed E-state index contributed by atoms with van der Waals surface area (Å²) in [7, 11) is 1.70. The minimum Gasteiger partial charge on any atom is -0.497 e. The molecule has 0 bridgehead atoms. The Morgan fingerprint density at radius 1 is 1.05 bits per heavy atom. The van der Waals surface area contributed by atoms with Crippen LogP contribution in [-0.2, 0) is 0 Å². The van der Waals surface area contributed by atoms with E-state index in [-0.39, 0.29) is 0 Å². The Kier molecular flexibility index (Phi) is 6.50. The first-order chi connectivity index (χ1) is 10.7. The number of fused-ring (bicyclic) bond motifs is 1. The Balaban J connectivity index is 1.97. The maximum Gasteiger partial charge on any atom is 0.119 e. The van der Waals surface area contributed by atoms with Crippen LogP contribution >= 0.6 is 0 Å². The largest absolute Gasteiger partial charge is 0.497 e. The topological polar surface area (TPSA) is 34.2 Å². The number of benzene rings is 1. The predicted molar refractivity (Wildman–Crippen MR) is 94.9 cm³/mol. The van der Waals surface area contributed by atoms with Gasteiger partial charge in [-0.1, -0.05) is 39.0 Å². The summed E-state index contributed by atoms with van der Waals surface area (Å²) in [4.78, 5) is 4.59. The molecule has 0 amide bonds. The molecule has 1 N–H and O–H groups in total. The molecule has 1 aromatic carbocycles. The van der Waals surface area contributed by atoms with Crippen LogP contribution in [0.2, 0.25) is 0 Å². The zero-order valence-electron chi connectivity index (χ0n) is 14.1. The Morgan fingerprint density at radius 2 is 1.82 bits per heavy atom. The molecule has 0 spiro atoms. The standard InChI is InChI=1S/C19H28N2O/c1-4-5-6-7-8-9-12-20-19-13-15(2)21-18-11-10-16(22-3)14-17(18)19/h10-11,13-14H,4-9,12H2,1-3H3,(H,20,21). The molecule has 3 nitrogen and oxygen atoms in total. The Bertz CT molecular complexity index is 595. The van der Waals surface area contributed by atoms with Crippen LogP contribution in [0.4, 0.5) is 5.69 Å². The van der Waals surface area contributed by atoms with E-state index >= 15 is 0 Å². The van der Waals surface area contributed by atoms with Gasteiger partial charge < -0.3 is 10.1 Å². The number of aryl methyl sites for hydroxylation is 1. The third-order valence-corrected chi connectivity index (χ3v) is 3.99. The first-order valence-electron chi connectivity index (χ1n) is 8.44. The number of pyridine rings is 1. The maximum atomic E-state index is 5.33. The molecule has 2 aromatic rings. The van der Waals surface area contributed by atoms with Crippen LogP contribution in [0.1, 0.15) is 51.1 Å². The molecule has 0 saturated heterocycles. The molecule has 0 aliphatic heterocycles. The van der Waals surface area contributed by atoms with Gasteiger partial charge in [0, 0.05) is 23.3 Å². The normalized spacial score (nSPS) is 10.9. The molecule has 2 rings (SSSR count). The van der Waals surface area contributed by atoms with E-state index in [4.69, 9.17) is 4.74 Å². The van der Waals surface area contributed by atoms with Gasteiger partial charge in [-0.15, -0.1) is 0 Å². The Labute approximate surface area is 134 Å². The van der Waals surface area contributed by atoms with Gasteiger partial charge >= 0.3 is 0 Å². The number of nitrogens with one attached hydrogen (secondary N) is 1. The molecule has 22 heavy (non-hydrogen) atoms. The molecule has 0 aliphatic rings. The average Bonchev–Trinajstić information content (AvgIpc) is 2.53. The quantitative estimate of drug-likeness (QED) is 0.636. The second kappa shape index (κ2) is 8.62. The number of hydrogen-bond donors (Lipinski definition) is 1. The molecule has 1 heterocycles. The average molecular weight is 300 g/mol. The first kappa shape index (κ1) is 16.6. The lowest BCUT2D eigenvalue weighted by Gasteiger charge is -2.12. The van der Waals surface area contributed by atoms with Gasteiger partial charge in [0.2, 0.25) is 0 Å². The number of methoxy groups -OCH3 is 1. The van der Waals surface area contributed by atoms with Crippen molar-refractivity contribution in [2.24, 2.45) is 0 Å². The fraction of sp³-hybridized carbons (Fsp3) is 0.526. The van der Waals surface area contributed by atoms with Crippen molar-refractivity contribution in [3.8, 4) is 5.75 Å². The van der Waals surface area contributed by atoms with Crippen LogP contribution < -0.4 is 10.1 Å². The van der Waals surface area contributed by atoms with Crippen molar-refractivity contribution in [2.75, 3.05) is 19.0 Å². The molecular weight excluding hydrogens is 272 g/mol. The minimum atomic E-state index is 0.876. The predicted octanol–water partition coefficient (Wildman–Crippen LogP) is 5.32. The first-order valence-corrected chi connectivity index (χ1v) is 8.44. The van der Waals surface area contributed by atoms with Crippen molar-refractivity contribution in [1.82, 2.24) is 4.98 Å². The van der Waals surface area contributed by atoms with Gasteiger partial charge in [0.05, 0.1) is 12.6 Å². The third kappa shape index (κ3) is 4.62. The van der Waals surface area contributed by atoms with Crippen molar-refractivity contribution in [1.29, 1.82) is 0 Å². The molecule has 0 aliphatic carbocycles. The second-order valence-corrected chi connectivity index (χ2v) is 5.89. The zero-order valence-corrected chi connectivity index (χ0v) is 14.1. The summed E-state index contributed by atoms with van der Waals surface area (Å²) < 4.78 is 5.33. The van der Waals surface area contributed by atoms with Crippen molar-refractivity contribution in [3.63, 3.8) is 0 Å². The van der Waals surface area contributed by atoms with E-state index in [0.29, 0.717) is 0 Å². The smallest absolute Gasteiger partial charge is 0.119 e. The van der Waals surface area contributed by atoms with Crippen molar-refractivity contribution in [2.45, 2.75) is 52.4 Å². The van der Waals surface area contributed by atoms with E-state index in [9.17, 15) is 0 Å². The number of aromatic nitrogens is 1. The highest BCUT2D eigenvalue weighted by Gasteiger charge is 2.05. The van der Waals surface area contributed by atoms with E-state index in [1.165, 1.54) is 38.5 Å². The van der Waals surface area contributed by atoms with Gasteiger partial charge in [0.1, 0.15) is 5.75 Å².